The molecule has 8 nitrogen and oxygen atoms in total. The molecule has 5 rings (SSSR count). The van der Waals surface area contributed by atoms with E-state index in [1.165, 1.54) is 0 Å². The van der Waals surface area contributed by atoms with Crippen LogP contribution in [0.5, 0.6) is 0 Å². The molecule has 0 bridgehead atoms. The van der Waals surface area contributed by atoms with Gasteiger partial charge < -0.3 is 19.9 Å². The third-order valence-corrected chi connectivity index (χ3v) is 7.26. The van der Waals surface area contributed by atoms with Crippen LogP contribution < -0.4 is 10.6 Å². The molecule has 4 N–H and O–H groups in total. The minimum atomic E-state index is -1.29. The summed E-state index contributed by atoms with van der Waals surface area (Å²) in [4.78, 5) is 26.9. The lowest BCUT2D eigenvalue weighted by atomic mass is 9.97. The zero-order valence-electron chi connectivity index (χ0n) is 20.8. The van der Waals surface area contributed by atoms with E-state index in [1.807, 2.05) is 34.9 Å². The zero-order valence-corrected chi connectivity index (χ0v) is 20.8. The molecule has 0 spiro atoms. The molecule has 1 aliphatic rings. The number of nitrogens with one attached hydrogen (secondary N) is 3. The fourth-order valence-electron chi connectivity index (χ4n) is 5.14. The number of carbonyl (C=O) groups excluding carboxylic acids is 1. The summed E-state index contributed by atoms with van der Waals surface area (Å²) in [6, 6.07) is 21.5. The summed E-state index contributed by atoms with van der Waals surface area (Å²) >= 11 is 0. The van der Waals surface area contributed by atoms with Crippen molar-refractivity contribution in [1.29, 1.82) is 5.41 Å². The molecule has 0 unspecified atom stereocenters. The first-order chi connectivity index (χ1) is 17.9. The van der Waals surface area contributed by atoms with Crippen LogP contribution >= 0.6 is 0 Å². The third kappa shape index (κ3) is 5.34. The van der Waals surface area contributed by atoms with E-state index < -0.39 is 6.09 Å². The number of benzene rings is 3. The molecule has 1 aromatic heterocycles. The van der Waals surface area contributed by atoms with Gasteiger partial charge in [0.1, 0.15) is 11.5 Å². The fraction of sp³-hybridized carbons (Fsp3) is 0.276. The summed E-state index contributed by atoms with van der Waals surface area (Å²) in [6.45, 7) is 3.19. The smallest absolute Gasteiger partial charge is 0.410 e. The number of carboxylic acid groups (broad SMARTS) is 1. The van der Waals surface area contributed by atoms with E-state index in [9.17, 15) is 9.59 Å². The van der Waals surface area contributed by atoms with Gasteiger partial charge in [0.15, 0.2) is 0 Å². The highest BCUT2D eigenvalue weighted by Crippen LogP contribution is 2.26. The number of fused-ring (bicyclic) bond motifs is 2. The number of hydrogen-bond acceptors (Lipinski definition) is 4. The minimum absolute atomic E-state index is 0.129. The van der Waals surface area contributed by atoms with Crippen molar-refractivity contribution in [3.05, 3.63) is 83.6 Å². The lowest BCUT2D eigenvalue weighted by Crippen LogP contribution is -2.37. The summed E-state index contributed by atoms with van der Waals surface area (Å²) in [7, 11) is 2.13. The second-order valence-corrected chi connectivity index (χ2v) is 9.79. The van der Waals surface area contributed by atoms with Crippen molar-refractivity contribution < 1.29 is 14.7 Å². The van der Waals surface area contributed by atoms with Gasteiger partial charge in [0, 0.05) is 29.6 Å². The predicted octanol–water partition coefficient (Wildman–Crippen LogP) is 4.51. The molecule has 0 saturated carbocycles. The topological polar surface area (TPSA) is 110 Å². The normalized spacial score (nSPS) is 14.6. The lowest BCUT2D eigenvalue weighted by molar-refractivity contribution is 0.0930. The predicted molar refractivity (Wildman–Crippen MR) is 146 cm³/mol. The van der Waals surface area contributed by atoms with Gasteiger partial charge in [-0.2, -0.15) is 0 Å². The quantitative estimate of drug-likeness (QED) is 0.232. The highest BCUT2D eigenvalue weighted by molar-refractivity contribution is 6.07. The van der Waals surface area contributed by atoms with Crippen molar-refractivity contribution in [3.8, 4) is 0 Å². The van der Waals surface area contributed by atoms with E-state index in [0.717, 1.165) is 53.2 Å². The van der Waals surface area contributed by atoms with Crippen LogP contribution in [0.4, 0.5) is 4.79 Å². The molecule has 0 radical (unpaired) electrons. The number of piperidine rings is 1. The number of carbonyl (C=O) groups is 2. The molecular formula is C29H31N5O3. The van der Waals surface area contributed by atoms with Gasteiger partial charge in [-0.3, -0.25) is 15.5 Å². The van der Waals surface area contributed by atoms with Crippen LogP contribution in [0.3, 0.4) is 0 Å². The first-order valence-electron chi connectivity index (χ1n) is 12.5. The Kier molecular flexibility index (Phi) is 6.92. The summed E-state index contributed by atoms with van der Waals surface area (Å²) in [5.74, 6) is 0.126. The largest absolute Gasteiger partial charge is 0.465 e. The van der Waals surface area contributed by atoms with Gasteiger partial charge >= 0.3 is 6.09 Å². The highest BCUT2D eigenvalue weighted by Gasteiger charge is 2.21. The molecule has 1 aliphatic heterocycles. The summed E-state index contributed by atoms with van der Waals surface area (Å²) < 4.78 is 1.97. The van der Waals surface area contributed by atoms with Crippen molar-refractivity contribution >= 4 is 39.5 Å². The molecule has 190 valence electrons. The summed E-state index contributed by atoms with van der Waals surface area (Å²) in [5.41, 5.74) is 2.83. The van der Waals surface area contributed by atoms with Crippen LogP contribution in [0.15, 0.2) is 66.7 Å². The second kappa shape index (κ2) is 10.4. The number of hydrogen-bond donors (Lipinski definition) is 4. The Morgan fingerprint density at radius 1 is 1.00 bits per heavy atom. The van der Waals surface area contributed by atoms with Gasteiger partial charge in [-0.25, -0.2) is 4.79 Å². The van der Waals surface area contributed by atoms with Crippen molar-refractivity contribution in [2.45, 2.75) is 19.4 Å². The highest BCUT2D eigenvalue weighted by atomic mass is 16.4. The lowest BCUT2D eigenvalue weighted by Gasteiger charge is -2.29. The molecule has 4 aromatic rings. The number of aromatic nitrogens is 1. The minimum Gasteiger partial charge on any atom is -0.465 e. The van der Waals surface area contributed by atoms with Crippen molar-refractivity contribution in [2.24, 2.45) is 5.92 Å². The molecule has 3 aromatic carbocycles. The zero-order chi connectivity index (χ0) is 25.9. The Balaban J connectivity index is 1.52. The first-order valence-corrected chi connectivity index (χ1v) is 12.5. The van der Waals surface area contributed by atoms with Crippen LogP contribution in [-0.4, -0.2) is 59.1 Å². The second-order valence-electron chi connectivity index (χ2n) is 9.79. The van der Waals surface area contributed by atoms with Crippen LogP contribution in [0.1, 0.15) is 34.5 Å². The van der Waals surface area contributed by atoms with Gasteiger partial charge in [-0.05, 0) is 67.4 Å². The summed E-state index contributed by atoms with van der Waals surface area (Å²) in [6.07, 6.45) is 0.848. The Bertz CT molecular complexity index is 1480. The third-order valence-electron chi connectivity index (χ3n) is 7.26. The Labute approximate surface area is 215 Å². The maximum absolute atomic E-state index is 13.5. The van der Waals surface area contributed by atoms with Crippen LogP contribution in [0, 0.1) is 11.3 Å². The molecule has 2 amide bonds. The van der Waals surface area contributed by atoms with Crippen LogP contribution in [0.25, 0.3) is 21.7 Å². The Hall–Kier alpha value is -4.17. The number of amidine groups is 1. The SMILES string of the molecule is CN1CCC(CNC(=O)c2cc3ccc(C(=N)NC(=O)O)cc3n2Cc2cccc3ccccc23)CC1. The molecule has 0 aliphatic carbocycles. The van der Waals surface area contributed by atoms with Gasteiger partial charge in [0.2, 0.25) is 0 Å². The van der Waals surface area contributed by atoms with E-state index >= 15 is 0 Å². The number of likely N-dealkylation sites (tertiary alicyclic amines) is 1. The average molecular weight is 498 g/mol. The fourth-order valence-corrected chi connectivity index (χ4v) is 5.14. The van der Waals surface area contributed by atoms with Crippen LogP contribution in [-0.2, 0) is 6.54 Å². The van der Waals surface area contributed by atoms with Gasteiger partial charge in [-0.15, -0.1) is 0 Å². The molecule has 37 heavy (non-hydrogen) atoms. The molecule has 1 saturated heterocycles. The number of rotatable bonds is 6. The van der Waals surface area contributed by atoms with Crippen molar-refractivity contribution in [2.75, 3.05) is 26.7 Å². The molecule has 1 fully saturated rings. The summed E-state index contributed by atoms with van der Waals surface area (Å²) in [5, 5.41) is 25.6. The Morgan fingerprint density at radius 3 is 2.54 bits per heavy atom. The number of nitrogens with zero attached hydrogens (tertiary/aromatic N) is 2. The van der Waals surface area contributed by atoms with Gasteiger partial charge in [0.05, 0.1) is 0 Å². The Morgan fingerprint density at radius 2 is 1.76 bits per heavy atom. The maximum Gasteiger partial charge on any atom is 0.410 e. The first kappa shape index (κ1) is 24.5. The average Bonchev–Trinajstić information content (AvgIpc) is 3.25. The standard InChI is InChI=1S/C29H31N5O3/c1-33-13-11-19(12-14-33)17-31-28(35)26-15-21-9-10-22(27(30)32-29(36)37)16-25(21)34(26)18-23-7-4-6-20-5-2-3-8-24(20)23/h2-10,15-16,19H,11-14,17-18H2,1H3,(H2,30,32)(H,31,35)(H,36,37). The maximum atomic E-state index is 13.5. The molecular weight excluding hydrogens is 466 g/mol. The van der Waals surface area contributed by atoms with E-state index in [4.69, 9.17) is 10.5 Å². The number of amides is 2. The van der Waals surface area contributed by atoms with Crippen molar-refractivity contribution in [3.63, 3.8) is 0 Å². The van der Waals surface area contributed by atoms with E-state index in [0.29, 0.717) is 30.3 Å². The van der Waals surface area contributed by atoms with E-state index in [-0.39, 0.29) is 11.7 Å². The molecule has 0 atom stereocenters. The monoisotopic (exact) mass is 497 g/mol. The van der Waals surface area contributed by atoms with E-state index in [1.54, 1.807) is 12.1 Å². The molecule has 2 heterocycles. The van der Waals surface area contributed by atoms with Crippen molar-refractivity contribution in [1.82, 2.24) is 20.1 Å². The van der Waals surface area contributed by atoms with E-state index in [2.05, 4.69) is 46.8 Å². The van der Waals surface area contributed by atoms with Gasteiger partial charge in [-0.1, -0.05) is 54.6 Å². The van der Waals surface area contributed by atoms with Crippen LogP contribution in [0.2, 0.25) is 0 Å². The molecule has 8 heteroatoms. The van der Waals surface area contributed by atoms with Gasteiger partial charge in [0.25, 0.3) is 5.91 Å².